The van der Waals surface area contributed by atoms with Gasteiger partial charge in [-0.2, -0.15) is 26.3 Å². The summed E-state index contributed by atoms with van der Waals surface area (Å²) in [6.07, 6.45) is 0. The first-order chi connectivity index (χ1) is 14.7. The van der Waals surface area contributed by atoms with Crippen LogP contribution in [0.5, 0.6) is 17.8 Å². The van der Waals surface area contributed by atoms with Gasteiger partial charge in [0.2, 0.25) is 34.9 Å². The lowest BCUT2D eigenvalue weighted by Gasteiger charge is -2.11. The van der Waals surface area contributed by atoms with Crippen molar-refractivity contribution in [3.8, 4) is 17.8 Å². The molecule has 0 saturated heterocycles. The first-order valence-electron chi connectivity index (χ1n) is 7.79. The Balaban J connectivity index is 1.96. The zero-order valence-electron chi connectivity index (χ0n) is 14.5. The average Bonchev–Trinajstić information content (AvgIpc) is 3.30. The van der Waals surface area contributed by atoms with Crippen LogP contribution in [-0.4, -0.2) is 7.32 Å². The maximum absolute atomic E-state index is 13.8. The Bertz CT molecular complexity index is 944. The topological polar surface area (TPSA) is 67.1 Å². The van der Waals surface area contributed by atoms with Crippen LogP contribution in [0.4, 0.5) is 39.5 Å². The van der Waals surface area contributed by atoms with Crippen LogP contribution >= 0.6 is 0 Å². The molecule has 0 aliphatic heterocycles. The number of alkyl halides is 3. The Morgan fingerprint density at radius 2 is 0.742 bits per heavy atom. The van der Waals surface area contributed by atoms with E-state index in [0.29, 0.717) is 0 Å². The van der Waals surface area contributed by atoms with Gasteiger partial charge in [0.05, 0.1) is 0 Å². The molecule has 0 atom stereocenters. The highest BCUT2D eigenvalue weighted by Crippen LogP contribution is 2.32. The molecule has 0 saturated carbocycles. The van der Waals surface area contributed by atoms with Crippen LogP contribution in [0.1, 0.15) is 17.3 Å². The summed E-state index contributed by atoms with van der Waals surface area (Å²) in [5.41, 5.74) is 0. The molecule has 3 heterocycles. The number of furan rings is 3. The van der Waals surface area contributed by atoms with Crippen molar-refractivity contribution in [3.63, 3.8) is 0 Å². The van der Waals surface area contributed by atoms with Gasteiger partial charge in [0.25, 0.3) is 0 Å². The van der Waals surface area contributed by atoms with Gasteiger partial charge >= 0.3 is 25.2 Å². The molecule has 0 amide bonds. The highest BCUT2D eigenvalue weighted by molar-refractivity contribution is 6.39. The van der Waals surface area contributed by atoms with Crippen molar-refractivity contribution in [2.45, 2.75) is 20.0 Å². The molecule has 0 aromatic carbocycles. The zero-order valence-corrected chi connectivity index (χ0v) is 14.5. The van der Waals surface area contributed by atoms with Crippen LogP contribution in [0.2, 0.25) is 0 Å². The molecule has 3 rings (SSSR count). The highest BCUT2D eigenvalue weighted by atomic mass is 19.2. The third kappa shape index (κ3) is 4.13. The van der Waals surface area contributed by atoms with Crippen LogP contribution in [0.25, 0.3) is 0 Å². The van der Waals surface area contributed by atoms with Crippen molar-refractivity contribution in [3.05, 3.63) is 52.2 Å². The largest absolute Gasteiger partial charge is 0.870 e. The molecule has 0 unspecified atom stereocenters. The van der Waals surface area contributed by atoms with Gasteiger partial charge in [-0.25, -0.2) is 13.2 Å². The minimum absolute atomic E-state index is 1.20. The second-order valence-corrected chi connectivity index (χ2v) is 5.37. The predicted molar refractivity (Wildman–Crippen MR) is 77.9 cm³/mol. The summed E-state index contributed by atoms with van der Waals surface area (Å²) in [6, 6.07) is 0. The second kappa shape index (κ2) is 8.81. The number of hydrogen-bond donors (Lipinski definition) is 0. The Morgan fingerprint density at radius 3 is 0.935 bits per heavy atom. The van der Waals surface area contributed by atoms with E-state index >= 15 is 0 Å². The van der Waals surface area contributed by atoms with Gasteiger partial charge in [-0.05, 0) is 0 Å². The van der Waals surface area contributed by atoms with Gasteiger partial charge in [0.1, 0.15) is 0 Å². The third-order valence-corrected chi connectivity index (χ3v) is 3.47. The molecule has 168 valence electrons. The number of hydrogen-bond acceptors (Lipinski definition) is 6. The monoisotopic (exact) mass is 464 g/mol. The Labute approximate surface area is 165 Å². The van der Waals surface area contributed by atoms with Gasteiger partial charge in [-0.3, -0.25) is 0 Å². The van der Waals surface area contributed by atoms with Gasteiger partial charge in [0.15, 0.2) is 37.3 Å². The van der Waals surface area contributed by atoms with Crippen molar-refractivity contribution in [1.82, 2.24) is 0 Å². The van der Waals surface area contributed by atoms with Crippen molar-refractivity contribution < 1.29 is 66.7 Å². The summed E-state index contributed by atoms with van der Waals surface area (Å²) < 4.78 is 146. The normalized spacial score (nSPS) is 11.1. The van der Waals surface area contributed by atoms with Crippen LogP contribution in [0.3, 0.4) is 0 Å². The van der Waals surface area contributed by atoms with Gasteiger partial charge in [0, 0.05) is 0 Å². The van der Waals surface area contributed by atoms with Crippen LogP contribution in [-0.2, 0) is 20.0 Å². The maximum Gasteiger partial charge on any atom is 0.870 e. The molecule has 0 fully saturated rings. The fraction of sp³-hybridized carbons (Fsp3) is 0.200. The lowest BCUT2D eigenvalue weighted by atomic mass is 10.2. The maximum atomic E-state index is 13.8. The van der Waals surface area contributed by atoms with Gasteiger partial charge in [-0.1, -0.05) is 0 Å². The van der Waals surface area contributed by atoms with E-state index in [1.54, 1.807) is 0 Å². The van der Waals surface area contributed by atoms with E-state index in [-0.39, 0.29) is 0 Å². The van der Waals surface area contributed by atoms with Crippen molar-refractivity contribution in [2.24, 2.45) is 0 Å². The average molecular weight is 464 g/mol. The number of rotatable bonds is 9. The predicted octanol–water partition coefficient (Wildman–Crippen LogP) is 5.23. The summed E-state index contributed by atoms with van der Waals surface area (Å²) in [7, 11) is -2.73. The summed E-state index contributed by atoms with van der Waals surface area (Å²) in [5, 5.41) is 0. The Morgan fingerprint density at radius 1 is 0.484 bits per heavy atom. The van der Waals surface area contributed by atoms with E-state index in [4.69, 9.17) is 0 Å². The van der Waals surface area contributed by atoms with Gasteiger partial charge < -0.3 is 27.2 Å². The molecule has 6 nitrogen and oxygen atoms in total. The molecule has 0 spiro atoms. The fourth-order valence-corrected chi connectivity index (χ4v) is 2.06. The minimum Gasteiger partial charge on any atom is -0.459 e. The van der Waals surface area contributed by atoms with Gasteiger partial charge in [-0.15, -0.1) is 0 Å². The third-order valence-electron chi connectivity index (χ3n) is 3.47. The molecule has 0 radical (unpaired) electrons. The van der Waals surface area contributed by atoms with Crippen LogP contribution in [0.15, 0.2) is 13.3 Å². The zero-order chi connectivity index (χ0) is 22.9. The SMILES string of the molecule is FCc1oc(OB(Oc2oc(CF)c(F)c2F)Oc2oc(CF)c(F)c2F)c(F)c1F. The van der Waals surface area contributed by atoms with Crippen molar-refractivity contribution >= 4 is 7.32 Å². The molecular formula is C15H6BF9O6. The Kier molecular flexibility index (Phi) is 6.36. The minimum atomic E-state index is -2.73. The second-order valence-electron chi connectivity index (χ2n) is 5.37. The molecule has 0 N–H and O–H groups in total. The quantitative estimate of drug-likeness (QED) is 0.319. The van der Waals surface area contributed by atoms with E-state index < -0.39 is 97.4 Å². The molecule has 3 aromatic rings. The lowest BCUT2D eigenvalue weighted by Crippen LogP contribution is -2.37. The molecule has 0 bridgehead atoms. The van der Waals surface area contributed by atoms with E-state index in [0.717, 1.165) is 0 Å². The van der Waals surface area contributed by atoms with E-state index in [2.05, 4.69) is 27.2 Å². The van der Waals surface area contributed by atoms with Crippen LogP contribution < -0.4 is 14.0 Å². The summed E-state index contributed by atoms with van der Waals surface area (Å²) in [6.45, 7) is -4.93. The highest BCUT2D eigenvalue weighted by Gasteiger charge is 2.41. The molecule has 16 heteroatoms. The van der Waals surface area contributed by atoms with Crippen molar-refractivity contribution in [1.29, 1.82) is 0 Å². The van der Waals surface area contributed by atoms with E-state index in [1.807, 2.05) is 0 Å². The van der Waals surface area contributed by atoms with Crippen molar-refractivity contribution in [2.75, 3.05) is 0 Å². The van der Waals surface area contributed by atoms with E-state index in [9.17, 15) is 39.5 Å². The summed E-state index contributed by atoms with van der Waals surface area (Å²) >= 11 is 0. The number of halogens is 9. The summed E-state index contributed by atoms with van der Waals surface area (Å²) in [5.74, 6) is -19.5. The fourth-order valence-electron chi connectivity index (χ4n) is 2.06. The molecule has 3 aromatic heterocycles. The van der Waals surface area contributed by atoms with Crippen LogP contribution in [0, 0.1) is 34.9 Å². The first-order valence-corrected chi connectivity index (χ1v) is 7.79. The van der Waals surface area contributed by atoms with E-state index in [1.165, 1.54) is 0 Å². The first kappa shape index (κ1) is 22.4. The standard InChI is InChI=1S/C15H6BF9O6/c17-1-4-7(20)10(23)13(26-4)29-16(30-14-11(24)8(21)5(2-18)27-14)31-15-12(25)9(22)6(3-19)28-15/h1-3H2. The smallest absolute Gasteiger partial charge is 0.459 e. The Hall–Kier alpha value is -3.33. The molecule has 0 aliphatic carbocycles. The molecular weight excluding hydrogens is 458 g/mol. The molecule has 0 aliphatic rings. The summed E-state index contributed by atoms with van der Waals surface area (Å²) in [4.78, 5) is 0. The lowest BCUT2D eigenvalue weighted by molar-refractivity contribution is 0.197. The molecule has 31 heavy (non-hydrogen) atoms.